The molecule has 0 heterocycles. The summed E-state index contributed by atoms with van der Waals surface area (Å²) >= 11 is 0. The molecule has 0 fully saturated rings. The standard InChI is InChI=1S/C13H18O4P/c1-4-16-10(3)18(15)12-9-7-6-8-11(12)13(14)17-5-2/h6-10H,4-5H2,1-3H3/q+1. The molecule has 1 aromatic carbocycles. The van der Waals surface area contributed by atoms with E-state index in [0.717, 1.165) is 0 Å². The van der Waals surface area contributed by atoms with Gasteiger partial charge in [0.2, 0.25) is 5.30 Å². The fourth-order valence-electron chi connectivity index (χ4n) is 1.55. The van der Waals surface area contributed by atoms with Gasteiger partial charge in [0.25, 0.3) is 5.85 Å². The summed E-state index contributed by atoms with van der Waals surface area (Å²) in [6.45, 7) is 6.11. The summed E-state index contributed by atoms with van der Waals surface area (Å²) in [7, 11) is -1.78. The summed E-state index contributed by atoms with van der Waals surface area (Å²) in [5, 5.41) is 0.493. The molecule has 0 aliphatic rings. The van der Waals surface area contributed by atoms with Gasteiger partial charge in [0, 0.05) is 13.5 Å². The van der Waals surface area contributed by atoms with Gasteiger partial charge in [-0.05, 0) is 26.0 Å². The second-order valence-corrected chi connectivity index (χ2v) is 5.48. The average molecular weight is 269 g/mol. The van der Waals surface area contributed by atoms with Crippen LogP contribution in [0.1, 0.15) is 31.1 Å². The largest absolute Gasteiger partial charge is 0.462 e. The Bertz CT molecular complexity index is 431. The maximum absolute atomic E-state index is 12.3. The van der Waals surface area contributed by atoms with Gasteiger partial charge in [-0.25, -0.2) is 4.79 Å². The van der Waals surface area contributed by atoms with Crippen LogP contribution < -0.4 is 5.30 Å². The summed E-state index contributed by atoms with van der Waals surface area (Å²) in [6.07, 6.45) is 0. The van der Waals surface area contributed by atoms with Crippen LogP contribution in [-0.2, 0) is 14.0 Å². The van der Waals surface area contributed by atoms with Crippen molar-refractivity contribution in [3.8, 4) is 0 Å². The average Bonchev–Trinajstić information content (AvgIpc) is 2.38. The summed E-state index contributed by atoms with van der Waals surface area (Å²) in [6, 6.07) is 6.79. The molecular weight excluding hydrogens is 251 g/mol. The zero-order chi connectivity index (χ0) is 13.5. The highest BCUT2D eigenvalue weighted by Gasteiger charge is 2.33. The fraction of sp³-hybridized carbons (Fsp3) is 0.462. The van der Waals surface area contributed by atoms with Gasteiger partial charge in [-0.15, -0.1) is 0 Å². The lowest BCUT2D eigenvalue weighted by Gasteiger charge is -2.04. The summed E-state index contributed by atoms with van der Waals surface area (Å²) in [5.74, 6) is -0.860. The molecule has 5 heteroatoms. The van der Waals surface area contributed by atoms with Crippen LogP contribution >= 0.6 is 7.80 Å². The quantitative estimate of drug-likeness (QED) is 0.588. The normalized spacial score (nSPS) is 12.9. The molecule has 4 nitrogen and oxygen atoms in total. The first-order valence-electron chi connectivity index (χ1n) is 5.95. The molecular formula is C13H18O4P+. The Labute approximate surface area is 108 Å². The Morgan fingerprint density at radius 3 is 2.56 bits per heavy atom. The molecule has 2 atom stereocenters. The number of benzene rings is 1. The number of rotatable bonds is 6. The number of carbonyl (C=O) groups is 1. The highest BCUT2D eigenvalue weighted by atomic mass is 31.1. The van der Waals surface area contributed by atoms with Crippen molar-refractivity contribution in [2.75, 3.05) is 13.2 Å². The molecule has 18 heavy (non-hydrogen) atoms. The molecule has 0 amide bonds. The van der Waals surface area contributed by atoms with Gasteiger partial charge < -0.3 is 9.47 Å². The van der Waals surface area contributed by atoms with Crippen molar-refractivity contribution in [2.45, 2.75) is 26.6 Å². The Balaban J connectivity index is 3.01. The van der Waals surface area contributed by atoms with Crippen molar-refractivity contribution >= 4 is 19.1 Å². The topological polar surface area (TPSA) is 52.6 Å². The van der Waals surface area contributed by atoms with Crippen molar-refractivity contribution in [2.24, 2.45) is 0 Å². The molecule has 0 bridgehead atoms. The van der Waals surface area contributed by atoms with Crippen molar-refractivity contribution < 1.29 is 18.8 Å². The smallest absolute Gasteiger partial charge is 0.409 e. The maximum atomic E-state index is 12.3. The number of esters is 1. The molecule has 98 valence electrons. The number of carbonyl (C=O) groups excluding carboxylic acids is 1. The van der Waals surface area contributed by atoms with Crippen LogP contribution in [0.5, 0.6) is 0 Å². The van der Waals surface area contributed by atoms with Gasteiger partial charge in [0.1, 0.15) is 5.56 Å². The number of ether oxygens (including phenoxy) is 2. The molecule has 1 aromatic rings. The second-order valence-electron chi connectivity index (χ2n) is 3.62. The van der Waals surface area contributed by atoms with Crippen LogP contribution in [0.25, 0.3) is 0 Å². The van der Waals surface area contributed by atoms with E-state index >= 15 is 0 Å². The Morgan fingerprint density at radius 1 is 1.28 bits per heavy atom. The molecule has 0 aliphatic carbocycles. The van der Waals surface area contributed by atoms with E-state index in [2.05, 4.69) is 0 Å². The highest BCUT2D eigenvalue weighted by molar-refractivity contribution is 7.54. The molecule has 0 N–H and O–H groups in total. The van der Waals surface area contributed by atoms with Gasteiger partial charge in [0.05, 0.1) is 6.61 Å². The van der Waals surface area contributed by atoms with E-state index in [4.69, 9.17) is 9.47 Å². The zero-order valence-electron chi connectivity index (χ0n) is 10.9. The minimum atomic E-state index is -1.78. The van der Waals surface area contributed by atoms with Crippen molar-refractivity contribution in [1.29, 1.82) is 0 Å². The molecule has 0 spiro atoms. The molecule has 2 unspecified atom stereocenters. The Kier molecular flexibility index (Phi) is 5.96. The molecule has 0 saturated heterocycles. The van der Waals surface area contributed by atoms with Crippen molar-refractivity contribution in [1.82, 2.24) is 0 Å². The van der Waals surface area contributed by atoms with Crippen LogP contribution in [-0.4, -0.2) is 25.0 Å². The molecule has 0 radical (unpaired) electrons. The minimum Gasteiger partial charge on any atom is -0.462 e. The lowest BCUT2D eigenvalue weighted by molar-refractivity contribution is 0.0528. The number of hydrogen-bond acceptors (Lipinski definition) is 4. The fourth-order valence-corrected chi connectivity index (χ4v) is 2.86. The van der Waals surface area contributed by atoms with Crippen LogP contribution in [0, 0.1) is 0 Å². The molecule has 0 aliphatic heterocycles. The predicted molar refractivity (Wildman–Crippen MR) is 70.7 cm³/mol. The molecule has 0 aromatic heterocycles. The summed E-state index contributed by atoms with van der Waals surface area (Å²) in [4.78, 5) is 11.8. The first-order valence-corrected chi connectivity index (χ1v) is 7.28. The van der Waals surface area contributed by atoms with E-state index in [1.807, 2.05) is 6.92 Å². The highest BCUT2D eigenvalue weighted by Crippen LogP contribution is 2.29. The number of hydrogen-bond donors (Lipinski definition) is 0. The van der Waals surface area contributed by atoms with Gasteiger partial charge in [0.15, 0.2) is 0 Å². The lowest BCUT2D eigenvalue weighted by Crippen LogP contribution is -2.18. The maximum Gasteiger partial charge on any atom is 0.409 e. The van der Waals surface area contributed by atoms with E-state index in [1.54, 1.807) is 38.1 Å². The Morgan fingerprint density at radius 2 is 1.94 bits per heavy atom. The van der Waals surface area contributed by atoms with Crippen LogP contribution in [0.15, 0.2) is 24.3 Å². The minimum absolute atomic E-state index is 0.297. The Hall–Kier alpha value is -1.25. The van der Waals surface area contributed by atoms with Crippen LogP contribution in [0.4, 0.5) is 0 Å². The van der Waals surface area contributed by atoms with Crippen LogP contribution in [0.2, 0.25) is 0 Å². The van der Waals surface area contributed by atoms with Gasteiger partial charge in [-0.1, -0.05) is 16.7 Å². The first-order chi connectivity index (χ1) is 8.61. The molecule has 0 saturated carbocycles. The summed E-state index contributed by atoms with van der Waals surface area (Å²) < 4.78 is 22.5. The zero-order valence-corrected chi connectivity index (χ0v) is 11.8. The third-order valence-corrected chi connectivity index (χ3v) is 4.05. The van der Waals surface area contributed by atoms with Gasteiger partial charge in [-0.3, -0.25) is 0 Å². The van der Waals surface area contributed by atoms with Gasteiger partial charge in [-0.2, -0.15) is 0 Å². The lowest BCUT2D eigenvalue weighted by atomic mass is 10.2. The van der Waals surface area contributed by atoms with E-state index in [9.17, 15) is 9.36 Å². The second kappa shape index (κ2) is 7.24. The first kappa shape index (κ1) is 14.8. The summed E-state index contributed by atoms with van der Waals surface area (Å²) in [5.41, 5.74) is 0.354. The third kappa shape index (κ3) is 3.62. The van der Waals surface area contributed by atoms with Crippen molar-refractivity contribution in [3.05, 3.63) is 29.8 Å². The van der Waals surface area contributed by atoms with E-state index < -0.39 is 19.6 Å². The van der Waals surface area contributed by atoms with Gasteiger partial charge >= 0.3 is 13.8 Å². The van der Waals surface area contributed by atoms with E-state index in [-0.39, 0.29) is 0 Å². The third-order valence-electron chi connectivity index (χ3n) is 2.37. The van der Waals surface area contributed by atoms with E-state index in [0.29, 0.717) is 24.1 Å². The van der Waals surface area contributed by atoms with E-state index in [1.165, 1.54) is 0 Å². The molecule has 1 rings (SSSR count). The SMILES string of the molecule is CCOC(=O)c1ccccc1[P+](=O)C(C)OCC. The van der Waals surface area contributed by atoms with Crippen LogP contribution in [0.3, 0.4) is 0 Å². The van der Waals surface area contributed by atoms with Crippen molar-refractivity contribution in [3.63, 3.8) is 0 Å². The monoisotopic (exact) mass is 269 g/mol. The predicted octanol–water partition coefficient (Wildman–Crippen LogP) is 2.70.